The van der Waals surface area contributed by atoms with Crippen molar-refractivity contribution in [1.29, 1.82) is 0 Å². The average Bonchev–Trinajstić information content (AvgIpc) is 3.11. The Morgan fingerprint density at radius 1 is 0.742 bits per heavy atom. The molecule has 160 valence electrons. The number of hydrogen-bond donors (Lipinski definition) is 2. The Morgan fingerprint density at radius 2 is 1.35 bits per heavy atom. The van der Waals surface area contributed by atoms with Gasteiger partial charge in [-0.2, -0.15) is 0 Å². The summed E-state index contributed by atoms with van der Waals surface area (Å²) in [6.07, 6.45) is 5.25. The summed E-state index contributed by atoms with van der Waals surface area (Å²) in [6.45, 7) is 0.849. The van der Waals surface area contributed by atoms with Crippen LogP contribution in [-0.4, -0.2) is 24.2 Å². The number of fused-ring (bicyclic) bond motifs is 3. The topological polar surface area (TPSA) is 49.3 Å². The molecule has 0 radical (unpaired) electrons. The van der Waals surface area contributed by atoms with Gasteiger partial charge in [0, 0.05) is 13.2 Å². The molecule has 4 rings (SSSR count). The number of benzene rings is 3. The Bertz CT molecular complexity index is 967. The van der Waals surface area contributed by atoms with Crippen LogP contribution >= 0.6 is 0 Å². The molecule has 0 aliphatic heterocycles. The molecule has 1 amide bonds. The fourth-order valence-corrected chi connectivity index (χ4v) is 4.92. The molecule has 1 aliphatic carbocycles. The number of unbranched alkanes of at least 4 members (excludes halogenated alkanes) is 2. The number of carbonyl (C=O) groups is 1. The van der Waals surface area contributed by atoms with Gasteiger partial charge in [0.05, 0.1) is 0 Å². The van der Waals surface area contributed by atoms with Crippen molar-refractivity contribution in [2.24, 2.45) is 0 Å². The molecular weight excluding hydrogens is 382 g/mol. The second kappa shape index (κ2) is 9.93. The molecule has 2 N–H and O–H groups in total. The number of aliphatic hydroxyl groups is 1. The fourth-order valence-electron chi connectivity index (χ4n) is 4.92. The lowest BCUT2D eigenvalue weighted by Crippen LogP contribution is -2.44. The van der Waals surface area contributed by atoms with Crippen LogP contribution in [0, 0.1) is 0 Å². The van der Waals surface area contributed by atoms with Crippen LogP contribution in [0.25, 0.3) is 11.1 Å². The number of hydrogen-bond acceptors (Lipinski definition) is 2. The minimum absolute atomic E-state index is 0.0990. The van der Waals surface area contributed by atoms with Gasteiger partial charge < -0.3 is 10.4 Å². The minimum atomic E-state index is -0.654. The third-order valence-corrected chi connectivity index (χ3v) is 6.43. The molecule has 3 aromatic rings. The van der Waals surface area contributed by atoms with E-state index in [1.54, 1.807) is 0 Å². The van der Waals surface area contributed by atoms with E-state index in [9.17, 15) is 4.79 Å². The van der Waals surface area contributed by atoms with E-state index >= 15 is 0 Å². The number of aliphatic hydroxyl groups excluding tert-OH is 1. The van der Waals surface area contributed by atoms with E-state index in [1.165, 1.54) is 16.7 Å². The predicted octanol–water partition coefficient (Wildman–Crippen LogP) is 5.25. The maximum absolute atomic E-state index is 13.8. The van der Waals surface area contributed by atoms with Crippen LogP contribution in [0.3, 0.4) is 0 Å². The highest BCUT2D eigenvalue weighted by atomic mass is 16.2. The number of amides is 1. The molecule has 3 heteroatoms. The van der Waals surface area contributed by atoms with Gasteiger partial charge in [-0.15, -0.1) is 0 Å². The molecule has 0 aromatic heterocycles. The molecule has 0 fully saturated rings. The fraction of sp³-hybridized carbons (Fsp3) is 0.321. The summed E-state index contributed by atoms with van der Waals surface area (Å²) in [5.74, 6) is 0.0990. The maximum Gasteiger partial charge on any atom is 0.235 e. The van der Waals surface area contributed by atoms with E-state index in [0.29, 0.717) is 6.54 Å². The lowest BCUT2D eigenvalue weighted by molar-refractivity contribution is -0.125. The summed E-state index contributed by atoms with van der Waals surface area (Å²) < 4.78 is 0. The van der Waals surface area contributed by atoms with Crippen LogP contribution in [0.1, 0.15) is 48.8 Å². The van der Waals surface area contributed by atoms with Crippen molar-refractivity contribution in [3.8, 4) is 11.1 Å². The van der Waals surface area contributed by atoms with E-state index in [0.717, 1.165) is 49.7 Å². The lowest BCUT2D eigenvalue weighted by atomic mass is 9.73. The zero-order chi connectivity index (χ0) is 21.5. The van der Waals surface area contributed by atoms with Gasteiger partial charge in [-0.1, -0.05) is 78.9 Å². The highest BCUT2D eigenvalue weighted by Gasteiger charge is 2.48. The molecule has 0 unspecified atom stereocenters. The Morgan fingerprint density at radius 3 is 2.00 bits per heavy atom. The summed E-state index contributed by atoms with van der Waals surface area (Å²) in [7, 11) is 0. The van der Waals surface area contributed by atoms with Crippen molar-refractivity contribution < 1.29 is 9.90 Å². The molecule has 3 nitrogen and oxygen atoms in total. The van der Waals surface area contributed by atoms with Crippen molar-refractivity contribution in [3.05, 3.63) is 95.6 Å². The summed E-state index contributed by atoms with van der Waals surface area (Å²) in [5.41, 5.74) is 5.25. The normalized spacial score (nSPS) is 13.5. The van der Waals surface area contributed by atoms with Crippen LogP contribution in [-0.2, 0) is 16.6 Å². The van der Waals surface area contributed by atoms with Crippen molar-refractivity contribution in [2.75, 3.05) is 13.2 Å². The number of rotatable bonds is 10. The summed E-state index contributed by atoms with van der Waals surface area (Å²) in [5, 5.41) is 12.2. The van der Waals surface area contributed by atoms with E-state index in [-0.39, 0.29) is 12.5 Å². The van der Waals surface area contributed by atoms with Gasteiger partial charge in [0.25, 0.3) is 0 Å². The van der Waals surface area contributed by atoms with Gasteiger partial charge in [-0.05, 0) is 66.3 Å². The van der Waals surface area contributed by atoms with E-state index in [4.69, 9.17) is 5.11 Å². The Labute approximate surface area is 185 Å². The average molecular weight is 414 g/mol. The molecule has 0 spiro atoms. The van der Waals surface area contributed by atoms with Crippen molar-refractivity contribution in [2.45, 2.75) is 43.9 Å². The van der Waals surface area contributed by atoms with Crippen LogP contribution < -0.4 is 5.32 Å². The molecule has 0 saturated heterocycles. The molecule has 3 aromatic carbocycles. The van der Waals surface area contributed by atoms with Crippen LogP contribution in [0.4, 0.5) is 0 Å². The predicted molar refractivity (Wildman–Crippen MR) is 126 cm³/mol. The van der Waals surface area contributed by atoms with E-state index in [2.05, 4.69) is 66.0 Å². The zero-order valence-corrected chi connectivity index (χ0v) is 18.0. The highest BCUT2D eigenvalue weighted by Crippen LogP contribution is 2.51. The largest absolute Gasteiger partial charge is 0.396 e. The first-order valence-corrected chi connectivity index (χ1v) is 11.4. The van der Waals surface area contributed by atoms with Gasteiger partial charge in [0.1, 0.15) is 5.41 Å². The lowest BCUT2D eigenvalue weighted by Gasteiger charge is -2.31. The summed E-state index contributed by atoms with van der Waals surface area (Å²) in [4.78, 5) is 13.8. The number of nitrogens with one attached hydrogen (secondary N) is 1. The Kier molecular flexibility index (Phi) is 6.83. The van der Waals surface area contributed by atoms with Gasteiger partial charge in [-0.3, -0.25) is 4.79 Å². The van der Waals surface area contributed by atoms with Gasteiger partial charge in [0.15, 0.2) is 0 Å². The highest BCUT2D eigenvalue weighted by molar-refractivity contribution is 6.00. The van der Waals surface area contributed by atoms with Gasteiger partial charge in [-0.25, -0.2) is 0 Å². The monoisotopic (exact) mass is 413 g/mol. The molecule has 31 heavy (non-hydrogen) atoms. The zero-order valence-electron chi connectivity index (χ0n) is 18.0. The molecule has 0 heterocycles. The second-order valence-electron chi connectivity index (χ2n) is 8.38. The number of carbonyl (C=O) groups excluding carboxylic acids is 1. The van der Waals surface area contributed by atoms with Crippen molar-refractivity contribution in [3.63, 3.8) is 0 Å². The first-order valence-electron chi connectivity index (χ1n) is 11.4. The molecule has 0 bridgehead atoms. The molecule has 0 atom stereocenters. The van der Waals surface area contributed by atoms with E-state index in [1.807, 2.05) is 18.2 Å². The smallest absolute Gasteiger partial charge is 0.235 e. The van der Waals surface area contributed by atoms with Gasteiger partial charge >= 0.3 is 0 Å². The van der Waals surface area contributed by atoms with Crippen LogP contribution in [0.2, 0.25) is 0 Å². The quantitative estimate of drug-likeness (QED) is 0.446. The SMILES string of the molecule is O=C(NCCCCCO)C1(CCCc2ccccc2)c2ccccc2-c2ccccc21. The van der Waals surface area contributed by atoms with Crippen LogP contribution in [0.5, 0.6) is 0 Å². The maximum atomic E-state index is 13.8. The first-order chi connectivity index (χ1) is 15.3. The summed E-state index contributed by atoms with van der Waals surface area (Å²) in [6, 6.07) is 27.2. The van der Waals surface area contributed by atoms with Crippen molar-refractivity contribution in [1.82, 2.24) is 5.32 Å². The second-order valence-corrected chi connectivity index (χ2v) is 8.38. The van der Waals surface area contributed by atoms with Crippen molar-refractivity contribution >= 4 is 5.91 Å². The molecular formula is C28H31NO2. The number of aryl methyl sites for hydroxylation is 1. The Balaban J connectivity index is 1.64. The molecule has 0 saturated carbocycles. The standard InChI is InChI=1S/C28H31NO2/c30-21-10-2-9-20-29-27(31)28(19-11-14-22-12-3-1-4-13-22)25-17-7-5-15-23(25)24-16-6-8-18-26(24)28/h1,3-8,12-13,15-18,30H,2,9-11,14,19-21H2,(H,29,31). The first kappa shape index (κ1) is 21.3. The Hall–Kier alpha value is -2.91. The van der Waals surface area contributed by atoms with E-state index < -0.39 is 5.41 Å². The third-order valence-electron chi connectivity index (χ3n) is 6.43. The van der Waals surface area contributed by atoms with Crippen LogP contribution in [0.15, 0.2) is 78.9 Å². The molecule has 1 aliphatic rings. The third kappa shape index (κ3) is 4.28. The summed E-state index contributed by atoms with van der Waals surface area (Å²) >= 11 is 0. The van der Waals surface area contributed by atoms with Gasteiger partial charge in [0.2, 0.25) is 5.91 Å². The minimum Gasteiger partial charge on any atom is -0.396 e.